The molecule has 1 rings (SSSR count). The highest BCUT2D eigenvalue weighted by atomic mass is 16.7. The highest BCUT2D eigenvalue weighted by molar-refractivity contribution is 5.79. The molecule has 0 aromatic carbocycles. The molecule has 1 fully saturated rings. The molecule has 1 heterocycles. The first-order valence-corrected chi connectivity index (χ1v) is 8.46. The fourth-order valence-corrected chi connectivity index (χ4v) is 2.59. The zero-order chi connectivity index (χ0) is 17.2. The van der Waals surface area contributed by atoms with Crippen LogP contribution in [0.1, 0.15) is 58.8 Å². The van der Waals surface area contributed by atoms with E-state index in [9.17, 15) is 15.0 Å². The van der Waals surface area contributed by atoms with E-state index < -0.39 is 24.5 Å². The molecule has 0 amide bonds. The second kappa shape index (κ2) is 10.8. The van der Waals surface area contributed by atoms with Gasteiger partial charge in [-0.25, -0.2) is 4.79 Å². The number of rotatable bonds is 10. The first kappa shape index (κ1) is 20.1. The number of ether oxygens (including phenoxy) is 2. The molecular weight excluding hydrogens is 300 g/mol. The van der Waals surface area contributed by atoms with Gasteiger partial charge < -0.3 is 24.8 Å². The third kappa shape index (κ3) is 8.46. The van der Waals surface area contributed by atoms with Crippen molar-refractivity contribution < 1.29 is 29.6 Å². The third-order valence-electron chi connectivity index (χ3n) is 4.05. The van der Waals surface area contributed by atoms with Gasteiger partial charge in [0.25, 0.3) is 0 Å². The normalized spacial score (nSPS) is 29.7. The smallest absolute Gasteiger partial charge is 0.327 e. The summed E-state index contributed by atoms with van der Waals surface area (Å²) in [6.07, 6.45) is 6.53. The largest absolute Gasteiger partial charge is 0.478 e. The Morgan fingerprint density at radius 3 is 2.65 bits per heavy atom. The van der Waals surface area contributed by atoms with Crippen molar-refractivity contribution in [1.82, 2.24) is 0 Å². The molecule has 6 nitrogen and oxygen atoms in total. The van der Waals surface area contributed by atoms with Crippen molar-refractivity contribution in [3.05, 3.63) is 12.2 Å². The predicted octanol–water partition coefficient (Wildman–Crippen LogP) is 2.23. The van der Waals surface area contributed by atoms with E-state index in [0.717, 1.165) is 38.5 Å². The van der Waals surface area contributed by atoms with Gasteiger partial charge in [0.1, 0.15) is 6.10 Å². The number of aliphatic hydroxyl groups is 2. The van der Waals surface area contributed by atoms with Crippen LogP contribution in [0.4, 0.5) is 0 Å². The summed E-state index contributed by atoms with van der Waals surface area (Å²) in [6, 6.07) is 0. The number of hydrogen-bond acceptors (Lipinski definition) is 5. The Hall–Kier alpha value is -0.950. The first-order chi connectivity index (χ1) is 10.9. The van der Waals surface area contributed by atoms with E-state index in [1.54, 1.807) is 13.0 Å². The summed E-state index contributed by atoms with van der Waals surface area (Å²) >= 11 is 0. The summed E-state index contributed by atoms with van der Waals surface area (Å²) in [7, 11) is 0. The maximum atomic E-state index is 10.3. The van der Waals surface area contributed by atoms with Crippen molar-refractivity contribution in [3.8, 4) is 0 Å². The molecule has 0 radical (unpaired) electrons. The molecule has 1 aliphatic heterocycles. The van der Waals surface area contributed by atoms with Crippen LogP contribution in [0.2, 0.25) is 0 Å². The zero-order valence-electron chi connectivity index (χ0n) is 14.1. The van der Waals surface area contributed by atoms with E-state index in [2.05, 4.69) is 0 Å². The minimum Gasteiger partial charge on any atom is -0.478 e. The SMILES string of the molecule is C[C@H](CCCCCC/C=C/C(=O)O)O[C@@H]1O[C@@H](C)[C@H](O)C[C@H]1O. The van der Waals surface area contributed by atoms with Gasteiger partial charge in [0.15, 0.2) is 6.29 Å². The van der Waals surface area contributed by atoms with Gasteiger partial charge in [-0.2, -0.15) is 0 Å². The topological polar surface area (TPSA) is 96.2 Å². The molecule has 0 aromatic heterocycles. The van der Waals surface area contributed by atoms with Crippen LogP contribution in [0.25, 0.3) is 0 Å². The standard InChI is InChI=1S/C17H30O6/c1-12(9-7-5-3-4-6-8-10-16(20)21)22-17-15(19)11-14(18)13(2)23-17/h8,10,12-15,17-19H,3-7,9,11H2,1-2H3,(H,20,21)/b10-8+/t12-,13+,14-,15-,17-/m1/s1. The summed E-state index contributed by atoms with van der Waals surface area (Å²) in [4.78, 5) is 10.3. The molecular formula is C17H30O6. The van der Waals surface area contributed by atoms with Crippen LogP contribution in [0, 0.1) is 0 Å². The zero-order valence-corrected chi connectivity index (χ0v) is 14.1. The summed E-state index contributed by atoms with van der Waals surface area (Å²) in [6.45, 7) is 3.73. The molecule has 5 atom stereocenters. The van der Waals surface area contributed by atoms with E-state index in [1.165, 1.54) is 6.08 Å². The van der Waals surface area contributed by atoms with E-state index in [0.29, 0.717) is 0 Å². The fourth-order valence-electron chi connectivity index (χ4n) is 2.59. The molecule has 23 heavy (non-hydrogen) atoms. The van der Waals surface area contributed by atoms with Crippen molar-refractivity contribution in [2.24, 2.45) is 0 Å². The van der Waals surface area contributed by atoms with Crippen LogP contribution in [-0.4, -0.2) is 52.0 Å². The summed E-state index contributed by atoms with van der Waals surface area (Å²) in [5.74, 6) is -0.898. The second-order valence-electron chi connectivity index (χ2n) is 6.26. The fraction of sp³-hybridized carbons (Fsp3) is 0.824. The average Bonchev–Trinajstić information content (AvgIpc) is 2.47. The molecule has 6 heteroatoms. The number of aliphatic hydroxyl groups excluding tert-OH is 2. The molecule has 0 bridgehead atoms. The quantitative estimate of drug-likeness (QED) is 0.420. The number of carboxylic acids is 1. The predicted molar refractivity (Wildman–Crippen MR) is 86.0 cm³/mol. The highest BCUT2D eigenvalue weighted by Gasteiger charge is 2.35. The maximum Gasteiger partial charge on any atom is 0.327 e. The Morgan fingerprint density at radius 1 is 1.26 bits per heavy atom. The van der Waals surface area contributed by atoms with Gasteiger partial charge in [-0.1, -0.05) is 25.3 Å². The van der Waals surface area contributed by atoms with E-state index in [1.807, 2.05) is 6.92 Å². The minimum absolute atomic E-state index is 0.0102. The lowest BCUT2D eigenvalue weighted by Gasteiger charge is -2.36. The molecule has 1 saturated heterocycles. The van der Waals surface area contributed by atoms with E-state index in [4.69, 9.17) is 14.6 Å². The molecule has 0 aromatic rings. The van der Waals surface area contributed by atoms with Crippen molar-refractivity contribution >= 4 is 5.97 Å². The minimum atomic E-state index is -0.898. The molecule has 134 valence electrons. The van der Waals surface area contributed by atoms with Crippen LogP contribution in [0.3, 0.4) is 0 Å². The van der Waals surface area contributed by atoms with Gasteiger partial charge in [-0.05, 0) is 33.1 Å². The molecule has 3 N–H and O–H groups in total. The van der Waals surface area contributed by atoms with Crippen LogP contribution < -0.4 is 0 Å². The van der Waals surface area contributed by atoms with Gasteiger partial charge in [0, 0.05) is 12.5 Å². The second-order valence-corrected chi connectivity index (χ2v) is 6.26. The van der Waals surface area contributed by atoms with Crippen molar-refractivity contribution in [3.63, 3.8) is 0 Å². The van der Waals surface area contributed by atoms with Crippen molar-refractivity contribution in [1.29, 1.82) is 0 Å². The van der Waals surface area contributed by atoms with Gasteiger partial charge in [0.05, 0.1) is 18.3 Å². The van der Waals surface area contributed by atoms with Gasteiger partial charge in [-0.15, -0.1) is 0 Å². The van der Waals surface area contributed by atoms with Gasteiger partial charge in [0.2, 0.25) is 0 Å². The Morgan fingerprint density at radius 2 is 1.96 bits per heavy atom. The van der Waals surface area contributed by atoms with Gasteiger partial charge >= 0.3 is 5.97 Å². The highest BCUT2D eigenvalue weighted by Crippen LogP contribution is 2.23. The summed E-state index contributed by atoms with van der Waals surface area (Å²) < 4.78 is 11.2. The first-order valence-electron chi connectivity index (χ1n) is 8.46. The summed E-state index contributed by atoms with van der Waals surface area (Å²) in [5.41, 5.74) is 0. The lowest BCUT2D eigenvalue weighted by Crippen LogP contribution is -2.48. The van der Waals surface area contributed by atoms with Crippen molar-refractivity contribution in [2.75, 3.05) is 0 Å². The number of aliphatic carboxylic acids is 1. The van der Waals surface area contributed by atoms with E-state index >= 15 is 0 Å². The Kier molecular flexibility index (Phi) is 9.40. The Bertz CT molecular complexity index is 370. The molecule has 0 unspecified atom stereocenters. The number of carbonyl (C=O) groups is 1. The monoisotopic (exact) mass is 330 g/mol. The average molecular weight is 330 g/mol. The van der Waals surface area contributed by atoms with E-state index in [-0.39, 0.29) is 18.6 Å². The van der Waals surface area contributed by atoms with Crippen LogP contribution >= 0.6 is 0 Å². The Labute approximate surface area is 138 Å². The Balaban J connectivity index is 2.08. The van der Waals surface area contributed by atoms with Crippen LogP contribution in [0.15, 0.2) is 12.2 Å². The molecule has 0 spiro atoms. The number of hydrogen-bond donors (Lipinski definition) is 3. The molecule has 0 saturated carbocycles. The van der Waals surface area contributed by atoms with Crippen LogP contribution in [0.5, 0.6) is 0 Å². The number of carboxylic acid groups (broad SMARTS) is 1. The molecule has 0 aliphatic carbocycles. The summed E-state index contributed by atoms with van der Waals surface area (Å²) in [5, 5.41) is 28.0. The number of unbranched alkanes of at least 4 members (excludes halogenated alkanes) is 4. The molecule has 1 aliphatic rings. The maximum absolute atomic E-state index is 10.3. The third-order valence-corrected chi connectivity index (χ3v) is 4.05. The lowest BCUT2D eigenvalue weighted by atomic mass is 10.0. The lowest BCUT2D eigenvalue weighted by molar-refractivity contribution is -0.273. The van der Waals surface area contributed by atoms with Gasteiger partial charge in [-0.3, -0.25) is 0 Å². The van der Waals surface area contributed by atoms with Crippen LogP contribution in [-0.2, 0) is 14.3 Å². The van der Waals surface area contributed by atoms with Crippen molar-refractivity contribution in [2.45, 2.75) is 89.5 Å². The number of allylic oxidation sites excluding steroid dienone is 1.